The monoisotopic (exact) mass is 396 g/mol. The van der Waals surface area contributed by atoms with Gasteiger partial charge in [0.2, 0.25) is 0 Å². The van der Waals surface area contributed by atoms with Crippen LogP contribution in [0.4, 0.5) is 0 Å². The second-order valence-electron chi connectivity index (χ2n) is 7.02. The van der Waals surface area contributed by atoms with Crippen LogP contribution < -0.4 is 0 Å². The minimum Gasteiger partial charge on any atom is -0.143 e. The van der Waals surface area contributed by atoms with E-state index >= 15 is 0 Å². The zero-order valence-corrected chi connectivity index (χ0v) is 17.1. The average Bonchev–Trinajstić information content (AvgIpc) is 2.75. The second-order valence-corrected chi connectivity index (χ2v) is 8.75. The Bertz CT molecular complexity index is 1120. The van der Waals surface area contributed by atoms with Crippen molar-refractivity contribution in [2.45, 2.75) is 21.5 Å². The number of thioether (sulfide) groups is 1. The Kier molecular flexibility index (Phi) is 4.76. The summed E-state index contributed by atoms with van der Waals surface area (Å²) in [5, 5.41) is 0.459. The number of benzene rings is 3. The van der Waals surface area contributed by atoms with Crippen molar-refractivity contribution in [3.05, 3.63) is 119 Å². The molecule has 0 radical (unpaired) electrons. The molecule has 1 heterocycles. The topological polar surface area (TPSA) is 0 Å². The third kappa shape index (κ3) is 3.07. The summed E-state index contributed by atoms with van der Waals surface area (Å²) < 4.78 is 0. The minimum atomic E-state index is 0.459. The maximum atomic E-state index is 4.82. The minimum absolute atomic E-state index is 0.459. The van der Waals surface area contributed by atoms with Crippen LogP contribution in [0.1, 0.15) is 23.1 Å². The molecule has 0 fully saturated rings. The summed E-state index contributed by atoms with van der Waals surface area (Å²) in [5.41, 5.74) is 7.77. The molecule has 0 saturated carbocycles. The van der Waals surface area contributed by atoms with E-state index in [2.05, 4.69) is 97.1 Å². The lowest BCUT2D eigenvalue weighted by atomic mass is 9.82. The quantitative estimate of drug-likeness (QED) is 0.444. The highest BCUT2D eigenvalue weighted by Gasteiger charge is 2.31. The van der Waals surface area contributed by atoms with Gasteiger partial charge in [-0.1, -0.05) is 85.0 Å². The molecule has 1 aliphatic carbocycles. The first-order valence-electron chi connectivity index (χ1n) is 9.54. The van der Waals surface area contributed by atoms with Crippen LogP contribution in [0.3, 0.4) is 0 Å². The zero-order chi connectivity index (χ0) is 18.9. The maximum absolute atomic E-state index is 4.82. The van der Waals surface area contributed by atoms with Gasteiger partial charge in [-0.3, -0.25) is 0 Å². The van der Waals surface area contributed by atoms with E-state index in [0.29, 0.717) is 5.25 Å². The first-order chi connectivity index (χ1) is 13.8. The Morgan fingerprint density at radius 2 is 1.61 bits per heavy atom. The van der Waals surface area contributed by atoms with Crippen molar-refractivity contribution in [1.29, 1.82) is 0 Å². The van der Waals surface area contributed by atoms with Crippen LogP contribution >= 0.6 is 24.4 Å². The molecule has 3 aromatic carbocycles. The highest BCUT2D eigenvalue weighted by molar-refractivity contribution is 8.00. The molecular weight excluding hydrogens is 376 g/mol. The molecule has 1 unspecified atom stereocenters. The number of allylic oxidation sites excluding steroid dienone is 4. The number of rotatable bonds is 2. The molecule has 2 aliphatic rings. The van der Waals surface area contributed by atoms with Crippen LogP contribution in [0.15, 0.2) is 112 Å². The summed E-state index contributed by atoms with van der Waals surface area (Å²) in [6.07, 6.45) is 7.85. The molecule has 136 valence electrons. The van der Waals surface area contributed by atoms with Gasteiger partial charge in [-0.25, -0.2) is 0 Å². The molecule has 0 saturated heterocycles. The van der Waals surface area contributed by atoms with E-state index in [1.165, 1.54) is 38.3 Å². The predicted octanol–water partition coefficient (Wildman–Crippen LogP) is 7.30. The SMILES string of the molecule is Sc1ccccc1/C(=C1/C2=CC=CCC2Sc2ccccc21)c1ccccc1. The lowest BCUT2D eigenvalue weighted by Gasteiger charge is -2.33. The molecule has 0 spiro atoms. The third-order valence-electron chi connectivity index (χ3n) is 5.31. The fourth-order valence-electron chi connectivity index (χ4n) is 4.05. The van der Waals surface area contributed by atoms with Crippen molar-refractivity contribution in [1.82, 2.24) is 0 Å². The van der Waals surface area contributed by atoms with Crippen LogP contribution in [0.5, 0.6) is 0 Å². The lowest BCUT2D eigenvalue weighted by molar-refractivity contribution is 1.00. The number of fused-ring (bicyclic) bond motifs is 2. The number of thiol groups is 1. The molecule has 0 nitrogen and oxygen atoms in total. The van der Waals surface area contributed by atoms with Gasteiger partial charge in [0, 0.05) is 15.0 Å². The van der Waals surface area contributed by atoms with Gasteiger partial charge in [0.25, 0.3) is 0 Å². The molecule has 2 heteroatoms. The van der Waals surface area contributed by atoms with Crippen LogP contribution in [0, 0.1) is 0 Å². The normalized spacial score (nSPS) is 19.5. The van der Waals surface area contributed by atoms with E-state index in [9.17, 15) is 0 Å². The predicted molar refractivity (Wildman–Crippen MR) is 124 cm³/mol. The molecule has 0 amide bonds. The van der Waals surface area contributed by atoms with Gasteiger partial charge in [0.15, 0.2) is 0 Å². The molecule has 3 aromatic rings. The largest absolute Gasteiger partial charge is 0.143 e. The van der Waals surface area contributed by atoms with E-state index < -0.39 is 0 Å². The Morgan fingerprint density at radius 1 is 0.857 bits per heavy atom. The van der Waals surface area contributed by atoms with Gasteiger partial charge in [-0.15, -0.1) is 24.4 Å². The Labute approximate surface area is 176 Å². The lowest BCUT2D eigenvalue weighted by Crippen LogP contribution is -2.16. The smallest absolute Gasteiger partial charge is 0.0385 e. The molecule has 1 atom stereocenters. The summed E-state index contributed by atoms with van der Waals surface area (Å²) in [6.45, 7) is 0. The van der Waals surface area contributed by atoms with Gasteiger partial charge in [0.05, 0.1) is 0 Å². The summed E-state index contributed by atoms with van der Waals surface area (Å²) in [6, 6.07) is 28.0. The van der Waals surface area contributed by atoms with Crippen molar-refractivity contribution in [2.75, 3.05) is 0 Å². The summed E-state index contributed by atoms with van der Waals surface area (Å²) >= 11 is 6.81. The average molecular weight is 397 g/mol. The molecule has 28 heavy (non-hydrogen) atoms. The van der Waals surface area contributed by atoms with Gasteiger partial charge in [-0.2, -0.15) is 0 Å². The van der Waals surface area contributed by atoms with Gasteiger partial charge >= 0.3 is 0 Å². The van der Waals surface area contributed by atoms with Crippen molar-refractivity contribution >= 4 is 35.5 Å². The first kappa shape index (κ1) is 17.7. The highest BCUT2D eigenvalue weighted by atomic mass is 32.2. The van der Waals surface area contributed by atoms with Crippen molar-refractivity contribution in [3.8, 4) is 0 Å². The number of hydrogen-bond donors (Lipinski definition) is 1. The molecular formula is C26H20S2. The maximum Gasteiger partial charge on any atom is 0.0385 e. The zero-order valence-electron chi connectivity index (χ0n) is 15.4. The van der Waals surface area contributed by atoms with Crippen molar-refractivity contribution in [2.24, 2.45) is 0 Å². The van der Waals surface area contributed by atoms with E-state index in [1.54, 1.807) is 0 Å². The molecule has 0 bridgehead atoms. The summed E-state index contributed by atoms with van der Waals surface area (Å²) in [7, 11) is 0. The standard InChI is InChI=1S/C26H20S2/c27-22-15-7-4-12-19(22)25(18-10-2-1-3-11-18)26-20-13-5-8-16-23(20)28-24-17-9-6-14-21(24)26/h1-16,24,27H,17H2/b26-25+. The van der Waals surface area contributed by atoms with E-state index in [1.807, 2.05) is 11.8 Å². The fraction of sp³-hybridized carbons (Fsp3) is 0.0769. The first-order valence-corrected chi connectivity index (χ1v) is 10.9. The van der Waals surface area contributed by atoms with Gasteiger partial charge in [-0.05, 0) is 52.0 Å². The molecule has 5 rings (SSSR count). The van der Waals surface area contributed by atoms with Crippen molar-refractivity contribution in [3.63, 3.8) is 0 Å². The fourth-order valence-corrected chi connectivity index (χ4v) is 5.62. The van der Waals surface area contributed by atoms with E-state index in [0.717, 1.165) is 11.3 Å². The molecule has 0 aromatic heterocycles. The Morgan fingerprint density at radius 3 is 2.46 bits per heavy atom. The highest BCUT2D eigenvalue weighted by Crippen LogP contribution is 2.51. The second kappa shape index (κ2) is 7.54. The van der Waals surface area contributed by atoms with Crippen molar-refractivity contribution < 1.29 is 0 Å². The third-order valence-corrected chi connectivity index (χ3v) is 7.04. The van der Waals surface area contributed by atoms with Crippen LogP contribution in [0.2, 0.25) is 0 Å². The van der Waals surface area contributed by atoms with Gasteiger partial charge in [0.1, 0.15) is 0 Å². The Hall–Kier alpha value is -2.42. The molecule has 0 N–H and O–H groups in total. The van der Waals surface area contributed by atoms with E-state index in [-0.39, 0.29) is 0 Å². The van der Waals surface area contributed by atoms with Crippen LogP contribution in [0.25, 0.3) is 11.1 Å². The summed E-state index contributed by atoms with van der Waals surface area (Å²) in [4.78, 5) is 2.37. The van der Waals surface area contributed by atoms with E-state index in [4.69, 9.17) is 12.6 Å². The molecule has 1 aliphatic heterocycles. The van der Waals surface area contributed by atoms with Crippen LogP contribution in [-0.4, -0.2) is 5.25 Å². The number of hydrogen-bond acceptors (Lipinski definition) is 2. The summed E-state index contributed by atoms with van der Waals surface area (Å²) in [5.74, 6) is 0. The van der Waals surface area contributed by atoms with Gasteiger partial charge < -0.3 is 0 Å². The van der Waals surface area contributed by atoms with Crippen LogP contribution in [-0.2, 0) is 0 Å². The Balaban J connectivity index is 1.91.